The lowest BCUT2D eigenvalue weighted by atomic mass is 10.2. The number of amides is 2. The Morgan fingerprint density at radius 3 is 2.33 bits per heavy atom. The topological polar surface area (TPSA) is 174 Å². The fourth-order valence-electron chi connectivity index (χ4n) is 2.41. The van der Waals surface area contributed by atoms with Gasteiger partial charge in [-0.2, -0.15) is 4.72 Å². The number of halogens is 1. The Bertz CT molecular complexity index is 1180. The lowest BCUT2D eigenvalue weighted by molar-refractivity contribution is -0.384. The molecular formula is C19H19ClN4O8S. The van der Waals surface area contributed by atoms with Crippen LogP contribution in [-0.2, 0) is 29.1 Å². The van der Waals surface area contributed by atoms with Crippen LogP contribution < -0.4 is 15.4 Å². The second kappa shape index (κ2) is 10.8. The maximum Gasteiger partial charge on any atom is 0.321 e. The molecule has 0 bridgehead atoms. The van der Waals surface area contributed by atoms with E-state index >= 15 is 0 Å². The summed E-state index contributed by atoms with van der Waals surface area (Å²) in [5.41, 5.74) is 0.0330. The lowest BCUT2D eigenvalue weighted by Crippen LogP contribution is -2.35. The highest BCUT2D eigenvalue weighted by Gasteiger charge is 2.22. The van der Waals surface area contributed by atoms with Gasteiger partial charge in [0.05, 0.1) is 20.5 Å². The van der Waals surface area contributed by atoms with E-state index < -0.39 is 39.5 Å². The Hall–Kier alpha value is -3.55. The first-order valence-corrected chi connectivity index (χ1v) is 11.1. The summed E-state index contributed by atoms with van der Waals surface area (Å²) in [7, 11) is -4.07. The van der Waals surface area contributed by atoms with Crippen molar-refractivity contribution in [2.75, 3.05) is 17.2 Å². The number of esters is 1. The van der Waals surface area contributed by atoms with Crippen LogP contribution >= 0.6 is 11.6 Å². The number of benzene rings is 2. The van der Waals surface area contributed by atoms with Gasteiger partial charge in [0.15, 0.2) is 6.10 Å². The number of hydrogen-bond acceptors (Lipinski definition) is 8. The van der Waals surface area contributed by atoms with Crippen LogP contribution in [0.2, 0.25) is 5.02 Å². The molecule has 2 aromatic carbocycles. The fourth-order valence-corrected chi connectivity index (χ4v) is 3.54. The van der Waals surface area contributed by atoms with Gasteiger partial charge in [-0.3, -0.25) is 24.5 Å². The SMILES string of the molecule is CC(=O)Nc1ccc(S(=O)(=O)NCC(=O)O[C@H](C)C(=O)Nc2cc([N+](=O)[O-])ccc2Cl)cc1. The standard InChI is InChI=1S/C19H19ClN4O8S/c1-11(19(27)23-17-9-14(24(28)29)5-8-16(17)20)32-18(26)10-21-33(30,31)15-6-3-13(4-7-15)22-12(2)25/h3-9,11,21H,10H2,1-2H3,(H,22,25)(H,23,27)/t11-/m1/s1. The molecule has 33 heavy (non-hydrogen) atoms. The van der Waals surface area contributed by atoms with Gasteiger partial charge in [0.25, 0.3) is 11.6 Å². The van der Waals surface area contributed by atoms with Gasteiger partial charge in [0.1, 0.15) is 6.54 Å². The predicted octanol–water partition coefficient (Wildman–Crippen LogP) is 2.06. The number of nitrogens with zero attached hydrogens (tertiary/aromatic N) is 1. The van der Waals surface area contributed by atoms with Gasteiger partial charge in [-0.15, -0.1) is 0 Å². The number of ether oxygens (including phenoxy) is 1. The molecule has 0 aromatic heterocycles. The molecule has 0 aliphatic heterocycles. The van der Waals surface area contributed by atoms with Crippen molar-refractivity contribution in [1.82, 2.24) is 4.72 Å². The highest BCUT2D eigenvalue weighted by atomic mass is 35.5. The van der Waals surface area contributed by atoms with Crippen LogP contribution in [0.25, 0.3) is 0 Å². The summed E-state index contributed by atoms with van der Waals surface area (Å²) in [6.45, 7) is 1.77. The number of nitro benzene ring substituents is 1. The molecule has 14 heteroatoms. The average Bonchev–Trinajstić information content (AvgIpc) is 2.73. The van der Waals surface area contributed by atoms with Crippen molar-refractivity contribution >= 4 is 56.5 Å². The smallest absolute Gasteiger partial charge is 0.321 e. The zero-order valence-corrected chi connectivity index (χ0v) is 18.9. The Morgan fingerprint density at radius 2 is 1.76 bits per heavy atom. The van der Waals surface area contributed by atoms with Crippen molar-refractivity contribution in [2.24, 2.45) is 0 Å². The summed E-state index contributed by atoms with van der Waals surface area (Å²) in [5.74, 6) is -2.19. The normalized spacial score (nSPS) is 11.8. The van der Waals surface area contributed by atoms with Crippen LogP contribution in [0.1, 0.15) is 13.8 Å². The van der Waals surface area contributed by atoms with Gasteiger partial charge in [0, 0.05) is 24.7 Å². The summed E-state index contributed by atoms with van der Waals surface area (Å²) in [5, 5.41) is 15.7. The van der Waals surface area contributed by atoms with Gasteiger partial charge in [-0.05, 0) is 37.3 Å². The first-order chi connectivity index (χ1) is 15.4. The first kappa shape index (κ1) is 25.7. The second-order valence-electron chi connectivity index (χ2n) is 6.57. The van der Waals surface area contributed by atoms with Crippen molar-refractivity contribution in [2.45, 2.75) is 24.8 Å². The quantitative estimate of drug-likeness (QED) is 0.267. The Morgan fingerprint density at radius 1 is 1.12 bits per heavy atom. The Labute approximate surface area is 193 Å². The van der Waals surface area contributed by atoms with Gasteiger partial charge in [-0.1, -0.05) is 11.6 Å². The molecule has 176 valence electrons. The third-order valence-electron chi connectivity index (χ3n) is 3.99. The molecule has 3 N–H and O–H groups in total. The third-order valence-corrected chi connectivity index (χ3v) is 5.73. The van der Waals surface area contributed by atoms with E-state index in [-0.39, 0.29) is 27.2 Å². The number of non-ortho nitro benzene ring substituents is 1. The monoisotopic (exact) mass is 498 g/mol. The molecule has 0 fully saturated rings. The van der Waals surface area contributed by atoms with Crippen LogP contribution in [0.5, 0.6) is 0 Å². The molecule has 2 amide bonds. The van der Waals surface area contributed by atoms with E-state index in [0.29, 0.717) is 5.69 Å². The largest absolute Gasteiger partial charge is 0.452 e. The van der Waals surface area contributed by atoms with E-state index in [1.165, 1.54) is 44.2 Å². The molecule has 12 nitrogen and oxygen atoms in total. The minimum atomic E-state index is -4.07. The summed E-state index contributed by atoms with van der Waals surface area (Å²) in [6, 6.07) is 8.64. The number of anilines is 2. The zero-order chi connectivity index (χ0) is 24.8. The average molecular weight is 499 g/mol. The number of sulfonamides is 1. The molecule has 0 unspecified atom stereocenters. The van der Waals surface area contributed by atoms with Crippen LogP contribution in [0, 0.1) is 10.1 Å². The lowest BCUT2D eigenvalue weighted by Gasteiger charge is -2.14. The third kappa shape index (κ3) is 7.52. The second-order valence-corrected chi connectivity index (χ2v) is 8.75. The van der Waals surface area contributed by atoms with Crippen molar-refractivity contribution < 1.29 is 32.5 Å². The number of hydrogen-bond donors (Lipinski definition) is 3. The molecule has 0 radical (unpaired) electrons. The minimum Gasteiger partial charge on any atom is -0.452 e. The Kier molecular flexibility index (Phi) is 8.45. The number of carbonyl (C=O) groups excluding carboxylic acids is 3. The number of carbonyl (C=O) groups is 3. The van der Waals surface area contributed by atoms with Gasteiger partial charge in [-0.25, -0.2) is 8.42 Å². The number of nitrogens with one attached hydrogen (secondary N) is 3. The maximum atomic E-state index is 12.3. The molecule has 0 heterocycles. The van der Waals surface area contributed by atoms with Crippen molar-refractivity contribution in [1.29, 1.82) is 0 Å². The van der Waals surface area contributed by atoms with Crippen molar-refractivity contribution in [3.05, 3.63) is 57.6 Å². The summed E-state index contributed by atoms with van der Waals surface area (Å²) < 4.78 is 31.5. The maximum absolute atomic E-state index is 12.3. The molecule has 0 saturated heterocycles. The number of rotatable bonds is 9. The van der Waals surface area contributed by atoms with Crippen molar-refractivity contribution in [3.63, 3.8) is 0 Å². The van der Waals surface area contributed by atoms with E-state index in [4.69, 9.17) is 16.3 Å². The molecule has 0 saturated carbocycles. The zero-order valence-electron chi connectivity index (χ0n) is 17.3. The van der Waals surface area contributed by atoms with Gasteiger partial charge >= 0.3 is 5.97 Å². The molecule has 2 aromatic rings. The Balaban J connectivity index is 1.93. The fraction of sp³-hybridized carbons (Fsp3) is 0.211. The van der Waals surface area contributed by atoms with Crippen LogP contribution in [0.3, 0.4) is 0 Å². The highest BCUT2D eigenvalue weighted by Crippen LogP contribution is 2.26. The summed E-state index contributed by atoms with van der Waals surface area (Å²) in [6.07, 6.45) is -1.35. The number of nitro groups is 1. The van der Waals surface area contributed by atoms with E-state index in [0.717, 1.165) is 12.1 Å². The molecule has 0 aliphatic carbocycles. The van der Waals surface area contributed by atoms with E-state index in [2.05, 4.69) is 10.6 Å². The van der Waals surface area contributed by atoms with Crippen molar-refractivity contribution in [3.8, 4) is 0 Å². The molecular weight excluding hydrogens is 480 g/mol. The molecule has 2 rings (SSSR count). The molecule has 0 spiro atoms. The van der Waals surface area contributed by atoms with Gasteiger partial charge < -0.3 is 15.4 Å². The van der Waals surface area contributed by atoms with Crippen LogP contribution in [-0.4, -0.2) is 43.8 Å². The van der Waals surface area contributed by atoms with Crippen LogP contribution in [0.4, 0.5) is 17.1 Å². The van der Waals surface area contributed by atoms with E-state index in [9.17, 15) is 32.9 Å². The van der Waals surface area contributed by atoms with Gasteiger partial charge in [0.2, 0.25) is 15.9 Å². The van der Waals surface area contributed by atoms with Crippen LogP contribution in [0.15, 0.2) is 47.4 Å². The minimum absolute atomic E-state index is 0.0322. The first-order valence-electron chi connectivity index (χ1n) is 9.20. The molecule has 0 aliphatic rings. The highest BCUT2D eigenvalue weighted by molar-refractivity contribution is 7.89. The summed E-state index contributed by atoms with van der Waals surface area (Å²) in [4.78, 5) is 45.2. The summed E-state index contributed by atoms with van der Waals surface area (Å²) >= 11 is 5.91. The predicted molar refractivity (Wildman–Crippen MR) is 118 cm³/mol. The van der Waals surface area contributed by atoms with E-state index in [1.807, 2.05) is 4.72 Å². The molecule has 1 atom stereocenters. The van der Waals surface area contributed by atoms with E-state index in [1.54, 1.807) is 0 Å².